The number of aryl methyl sites for hydroxylation is 1. The first-order chi connectivity index (χ1) is 15.2. The molecular weight excluding hydrogens is 452 g/mol. The summed E-state index contributed by atoms with van der Waals surface area (Å²) in [5, 5.41) is 6.48. The van der Waals surface area contributed by atoms with Crippen LogP contribution in [0.25, 0.3) is 10.2 Å². The lowest BCUT2D eigenvalue weighted by molar-refractivity contribution is -0.128. The van der Waals surface area contributed by atoms with Gasteiger partial charge in [-0.25, -0.2) is 4.98 Å². The Kier molecular flexibility index (Phi) is 6.03. The normalized spacial score (nSPS) is 15.3. The Morgan fingerprint density at radius 1 is 1.25 bits per heavy atom. The van der Waals surface area contributed by atoms with E-state index in [9.17, 15) is 14.4 Å². The zero-order valence-corrected chi connectivity index (χ0v) is 19.3. The van der Waals surface area contributed by atoms with Crippen molar-refractivity contribution in [2.45, 2.75) is 33.3 Å². The van der Waals surface area contributed by atoms with Gasteiger partial charge in [0.2, 0.25) is 11.8 Å². The quantitative estimate of drug-likeness (QED) is 0.574. The van der Waals surface area contributed by atoms with Gasteiger partial charge >= 0.3 is 0 Å². The van der Waals surface area contributed by atoms with Crippen LogP contribution < -0.4 is 20.3 Å². The third-order valence-electron chi connectivity index (χ3n) is 4.95. The van der Waals surface area contributed by atoms with E-state index >= 15 is 0 Å². The van der Waals surface area contributed by atoms with E-state index in [1.165, 1.54) is 23.2 Å². The first kappa shape index (κ1) is 22.0. The largest absolute Gasteiger partial charge is 0.478 e. The van der Waals surface area contributed by atoms with Crippen LogP contribution in [0.15, 0.2) is 30.3 Å². The Morgan fingerprint density at radius 2 is 2.03 bits per heavy atom. The maximum atomic E-state index is 12.9. The molecule has 1 aromatic heterocycles. The smallest absolute Gasteiger partial charge is 0.268 e. The van der Waals surface area contributed by atoms with E-state index < -0.39 is 6.10 Å². The summed E-state index contributed by atoms with van der Waals surface area (Å²) in [4.78, 5) is 42.9. The van der Waals surface area contributed by atoms with Crippen LogP contribution in [-0.2, 0) is 14.4 Å². The van der Waals surface area contributed by atoms with E-state index in [0.717, 1.165) is 15.8 Å². The Morgan fingerprint density at radius 3 is 2.75 bits per heavy atom. The Bertz CT molecular complexity index is 1240. The number of carbonyl (C=O) groups is 3. The van der Waals surface area contributed by atoms with Crippen molar-refractivity contribution in [3.63, 3.8) is 0 Å². The molecule has 1 unspecified atom stereocenters. The van der Waals surface area contributed by atoms with Crippen LogP contribution >= 0.6 is 22.9 Å². The average Bonchev–Trinajstić information content (AvgIpc) is 3.12. The summed E-state index contributed by atoms with van der Waals surface area (Å²) in [6, 6.07) is 8.60. The monoisotopic (exact) mass is 472 g/mol. The molecule has 3 amide bonds. The van der Waals surface area contributed by atoms with E-state index in [0.29, 0.717) is 33.7 Å². The molecule has 0 spiro atoms. The Labute approximate surface area is 193 Å². The minimum Gasteiger partial charge on any atom is -0.478 e. The fraction of sp³-hybridized carbons (Fsp3) is 0.273. The molecule has 2 heterocycles. The molecule has 32 heavy (non-hydrogen) atoms. The van der Waals surface area contributed by atoms with Gasteiger partial charge in [0.1, 0.15) is 12.3 Å². The van der Waals surface area contributed by atoms with Crippen LogP contribution in [0.4, 0.5) is 16.5 Å². The molecule has 0 aliphatic carbocycles. The third-order valence-corrected chi connectivity index (χ3v) is 6.10. The van der Waals surface area contributed by atoms with Gasteiger partial charge in [-0.2, -0.15) is 0 Å². The van der Waals surface area contributed by atoms with Crippen molar-refractivity contribution in [1.29, 1.82) is 0 Å². The molecule has 10 heteroatoms. The number of thiazole rings is 1. The minimum atomic E-state index is -0.653. The highest BCUT2D eigenvalue weighted by Crippen LogP contribution is 2.37. The number of nitrogens with one attached hydrogen (secondary N) is 2. The number of aromatic nitrogens is 1. The SMILES string of the molecule is CCC1Oc2ccc(Cl)cc2N(CC(=O)Nc2cc(C)c3nc(NC(C)=O)sc3c2)C1=O. The van der Waals surface area contributed by atoms with Gasteiger partial charge in [0.15, 0.2) is 11.2 Å². The maximum Gasteiger partial charge on any atom is 0.268 e. The fourth-order valence-corrected chi connectivity index (χ4v) is 4.73. The molecule has 0 bridgehead atoms. The number of carbonyl (C=O) groups excluding carboxylic acids is 3. The second kappa shape index (κ2) is 8.76. The molecule has 1 aliphatic rings. The van der Waals surface area contributed by atoms with Gasteiger partial charge in [0.25, 0.3) is 5.91 Å². The molecule has 0 fully saturated rings. The molecule has 166 valence electrons. The molecule has 1 atom stereocenters. The minimum absolute atomic E-state index is 0.178. The van der Waals surface area contributed by atoms with Crippen molar-refractivity contribution in [3.8, 4) is 5.75 Å². The number of ether oxygens (including phenoxy) is 1. The van der Waals surface area contributed by atoms with Crippen LogP contribution in [0.5, 0.6) is 5.75 Å². The Hall–Kier alpha value is -3.17. The third kappa shape index (κ3) is 4.39. The summed E-state index contributed by atoms with van der Waals surface area (Å²) in [5.74, 6) is -0.324. The highest BCUT2D eigenvalue weighted by atomic mass is 35.5. The number of hydrogen-bond acceptors (Lipinski definition) is 6. The van der Waals surface area contributed by atoms with Crippen LogP contribution in [0.1, 0.15) is 25.8 Å². The number of rotatable bonds is 5. The van der Waals surface area contributed by atoms with Crippen LogP contribution in [0.2, 0.25) is 5.02 Å². The van der Waals surface area contributed by atoms with Crippen molar-refractivity contribution in [1.82, 2.24) is 4.98 Å². The van der Waals surface area contributed by atoms with Crippen molar-refractivity contribution >= 4 is 67.4 Å². The van der Waals surface area contributed by atoms with Crippen LogP contribution in [0.3, 0.4) is 0 Å². The first-order valence-electron chi connectivity index (χ1n) is 10.0. The van der Waals surface area contributed by atoms with Gasteiger partial charge in [-0.15, -0.1) is 0 Å². The van der Waals surface area contributed by atoms with Gasteiger partial charge < -0.3 is 15.4 Å². The Balaban J connectivity index is 1.57. The highest BCUT2D eigenvalue weighted by Gasteiger charge is 2.34. The molecule has 2 N–H and O–H groups in total. The number of fused-ring (bicyclic) bond motifs is 2. The second-order valence-corrected chi connectivity index (χ2v) is 8.91. The van der Waals surface area contributed by atoms with Gasteiger partial charge in [0, 0.05) is 17.6 Å². The lowest BCUT2D eigenvalue weighted by Crippen LogP contribution is -2.48. The highest BCUT2D eigenvalue weighted by molar-refractivity contribution is 7.22. The molecule has 0 saturated carbocycles. The summed E-state index contributed by atoms with van der Waals surface area (Å²) in [6.07, 6.45) is -0.170. The van der Waals surface area contributed by atoms with Crippen molar-refractivity contribution < 1.29 is 19.1 Å². The number of hydrogen-bond donors (Lipinski definition) is 2. The van der Waals surface area contributed by atoms with E-state index in [1.54, 1.807) is 30.3 Å². The number of anilines is 3. The molecule has 1 aliphatic heterocycles. The lowest BCUT2D eigenvalue weighted by atomic mass is 10.1. The topological polar surface area (TPSA) is 101 Å². The van der Waals surface area contributed by atoms with Gasteiger partial charge in [-0.05, 0) is 49.2 Å². The molecule has 3 aromatic rings. The van der Waals surface area contributed by atoms with Gasteiger partial charge in [-0.1, -0.05) is 29.9 Å². The fourth-order valence-electron chi connectivity index (χ4n) is 3.54. The van der Waals surface area contributed by atoms with Crippen LogP contribution in [-0.4, -0.2) is 35.4 Å². The standard InChI is InChI=1S/C22H21ClN4O4S/c1-4-16-21(30)27(15-8-13(23)5-6-17(15)31-16)10-19(29)25-14-7-11(2)20-18(9-14)32-22(26-20)24-12(3)28/h5-9,16H,4,10H2,1-3H3,(H,25,29)(H,24,26,28). The number of nitrogens with zero attached hydrogens (tertiary/aromatic N) is 2. The number of benzene rings is 2. The van der Waals surface area contributed by atoms with Crippen molar-refractivity contribution in [3.05, 3.63) is 40.9 Å². The van der Waals surface area contributed by atoms with E-state index in [2.05, 4.69) is 15.6 Å². The number of halogens is 1. The zero-order chi connectivity index (χ0) is 23.0. The zero-order valence-electron chi connectivity index (χ0n) is 17.7. The summed E-state index contributed by atoms with van der Waals surface area (Å²) in [6.45, 7) is 4.98. The van der Waals surface area contributed by atoms with Crippen LogP contribution in [0, 0.1) is 6.92 Å². The molecule has 0 radical (unpaired) electrons. The predicted octanol–water partition coefficient (Wildman–Crippen LogP) is 4.36. The number of amides is 3. The molecule has 0 saturated heterocycles. The van der Waals surface area contributed by atoms with E-state index in [-0.39, 0.29) is 24.3 Å². The van der Waals surface area contributed by atoms with Gasteiger partial charge in [0.05, 0.1) is 15.9 Å². The van der Waals surface area contributed by atoms with E-state index in [1.807, 2.05) is 13.8 Å². The van der Waals surface area contributed by atoms with Crippen molar-refractivity contribution in [2.75, 3.05) is 22.1 Å². The average molecular weight is 473 g/mol. The molecular formula is C22H21ClN4O4S. The summed E-state index contributed by atoms with van der Waals surface area (Å²) in [5.41, 5.74) is 2.67. The first-order valence-corrected chi connectivity index (χ1v) is 11.2. The van der Waals surface area contributed by atoms with Crippen molar-refractivity contribution in [2.24, 2.45) is 0 Å². The molecule has 8 nitrogen and oxygen atoms in total. The van der Waals surface area contributed by atoms with Gasteiger partial charge in [-0.3, -0.25) is 19.3 Å². The molecule has 4 rings (SSSR count). The lowest BCUT2D eigenvalue weighted by Gasteiger charge is -2.33. The molecule has 2 aromatic carbocycles. The second-order valence-electron chi connectivity index (χ2n) is 7.44. The summed E-state index contributed by atoms with van der Waals surface area (Å²) >= 11 is 7.43. The predicted molar refractivity (Wildman–Crippen MR) is 126 cm³/mol. The summed E-state index contributed by atoms with van der Waals surface area (Å²) < 4.78 is 6.58. The summed E-state index contributed by atoms with van der Waals surface area (Å²) in [7, 11) is 0. The maximum absolute atomic E-state index is 12.9. The van der Waals surface area contributed by atoms with E-state index in [4.69, 9.17) is 16.3 Å².